The summed E-state index contributed by atoms with van der Waals surface area (Å²) in [4.78, 5) is 27.3. The Bertz CT molecular complexity index is 1130. The lowest BCUT2D eigenvalue weighted by atomic mass is 9.86. The minimum atomic E-state index is -0.247. The van der Waals surface area contributed by atoms with Crippen LogP contribution in [0.25, 0.3) is 0 Å². The predicted molar refractivity (Wildman–Crippen MR) is 127 cm³/mol. The number of rotatable bonds is 6. The molecule has 3 atom stereocenters. The van der Waals surface area contributed by atoms with Gasteiger partial charge in [0.1, 0.15) is 6.10 Å². The zero-order valence-electron chi connectivity index (χ0n) is 17.9. The predicted octanol–water partition coefficient (Wildman–Crippen LogP) is 5.16. The van der Waals surface area contributed by atoms with Gasteiger partial charge < -0.3 is 14.4 Å². The van der Waals surface area contributed by atoms with Gasteiger partial charge in [0.05, 0.1) is 27.7 Å². The van der Waals surface area contributed by atoms with E-state index in [4.69, 9.17) is 44.3 Å². The number of likely N-dealkylation sites (tertiary alicyclic amines) is 1. The smallest absolute Gasteiger partial charge is 0.316 e. The van der Waals surface area contributed by atoms with Gasteiger partial charge in [0.25, 0.3) is 5.91 Å². The van der Waals surface area contributed by atoms with Crippen molar-refractivity contribution in [3.63, 3.8) is 0 Å². The summed E-state index contributed by atoms with van der Waals surface area (Å²) in [5, 5.41) is 1.48. The molecule has 172 valence electrons. The molecule has 33 heavy (non-hydrogen) atoms. The molecular weight excluding hydrogens is 487 g/mol. The molecule has 1 aromatic carbocycles. The van der Waals surface area contributed by atoms with E-state index in [0.29, 0.717) is 39.6 Å². The summed E-state index contributed by atoms with van der Waals surface area (Å²) in [6.07, 6.45) is 4.22. The highest BCUT2D eigenvalue weighted by atomic mass is 35.5. The van der Waals surface area contributed by atoms with E-state index in [1.165, 1.54) is 25.7 Å². The summed E-state index contributed by atoms with van der Waals surface area (Å²) in [5.74, 6) is 0.253. The number of ether oxygens (including phenoxy) is 2. The minimum Gasteiger partial charge on any atom is -0.474 e. The number of hydrogen-bond acceptors (Lipinski definition) is 6. The fourth-order valence-electron chi connectivity index (χ4n) is 3.99. The molecule has 0 bridgehead atoms. The van der Waals surface area contributed by atoms with Crippen LogP contribution in [0, 0.1) is 5.92 Å². The first-order chi connectivity index (χ1) is 15.9. The molecule has 0 saturated carbocycles. The summed E-state index contributed by atoms with van der Waals surface area (Å²) in [5.41, 5.74) is 1.37. The lowest BCUT2D eigenvalue weighted by Crippen LogP contribution is -2.32. The van der Waals surface area contributed by atoms with Gasteiger partial charge >= 0.3 is 6.01 Å². The van der Waals surface area contributed by atoms with Crippen LogP contribution < -0.4 is 9.47 Å². The first kappa shape index (κ1) is 23.5. The van der Waals surface area contributed by atoms with Gasteiger partial charge in [-0.15, -0.1) is 0 Å². The maximum absolute atomic E-state index is 13.2. The van der Waals surface area contributed by atoms with Crippen molar-refractivity contribution < 1.29 is 14.3 Å². The normalized spacial score (nSPS) is 18.8. The van der Waals surface area contributed by atoms with Crippen LogP contribution in [0.4, 0.5) is 0 Å². The lowest BCUT2D eigenvalue weighted by Gasteiger charge is -2.25. The van der Waals surface area contributed by atoms with Gasteiger partial charge in [-0.05, 0) is 30.7 Å². The number of pyridine rings is 1. The number of carbonyl (C=O) groups excluding carboxylic acids is 1. The van der Waals surface area contributed by atoms with Gasteiger partial charge in [-0.3, -0.25) is 4.79 Å². The molecule has 2 aromatic heterocycles. The average Bonchev–Trinajstić information content (AvgIpc) is 3.27. The maximum Gasteiger partial charge on any atom is 0.316 e. The van der Waals surface area contributed by atoms with E-state index in [1.807, 2.05) is 19.1 Å². The molecule has 0 radical (unpaired) electrons. The van der Waals surface area contributed by atoms with Gasteiger partial charge in [0, 0.05) is 49.6 Å². The lowest BCUT2D eigenvalue weighted by molar-refractivity contribution is 0.0768. The second-order valence-corrected chi connectivity index (χ2v) is 9.00. The van der Waals surface area contributed by atoms with Crippen LogP contribution in [0.1, 0.15) is 28.8 Å². The zero-order chi connectivity index (χ0) is 23.5. The van der Waals surface area contributed by atoms with E-state index >= 15 is 0 Å². The molecule has 0 aliphatic carbocycles. The van der Waals surface area contributed by atoms with Crippen LogP contribution in [0.5, 0.6) is 11.9 Å². The van der Waals surface area contributed by atoms with Crippen molar-refractivity contribution >= 4 is 40.7 Å². The van der Waals surface area contributed by atoms with E-state index in [0.717, 1.165) is 5.56 Å². The van der Waals surface area contributed by atoms with Crippen molar-refractivity contribution in [3.05, 3.63) is 75.1 Å². The summed E-state index contributed by atoms with van der Waals surface area (Å²) in [6.45, 7) is 2.93. The Balaban J connectivity index is 1.60. The number of methoxy groups -OCH3 is 1. The third kappa shape index (κ3) is 5.32. The zero-order valence-corrected chi connectivity index (χ0v) is 20.2. The van der Waals surface area contributed by atoms with Gasteiger partial charge in [-0.1, -0.05) is 40.9 Å². The first-order valence-electron chi connectivity index (χ1n) is 10.2. The van der Waals surface area contributed by atoms with Crippen molar-refractivity contribution in [2.24, 2.45) is 5.92 Å². The molecule has 1 saturated heterocycles. The number of halogens is 3. The van der Waals surface area contributed by atoms with Crippen LogP contribution in [0.2, 0.25) is 15.1 Å². The molecule has 0 N–H and O–H groups in total. The fourth-order valence-corrected chi connectivity index (χ4v) is 4.41. The van der Waals surface area contributed by atoms with E-state index < -0.39 is 0 Å². The van der Waals surface area contributed by atoms with Crippen LogP contribution in [-0.4, -0.2) is 52.1 Å². The van der Waals surface area contributed by atoms with Crippen molar-refractivity contribution in [1.29, 1.82) is 0 Å². The van der Waals surface area contributed by atoms with Gasteiger partial charge in [0.15, 0.2) is 0 Å². The Morgan fingerprint density at radius 3 is 2.42 bits per heavy atom. The molecule has 4 rings (SSSR count). The molecule has 3 aromatic rings. The standard InChI is InChI=1S/C23H21Cl3N4O3/c1-13(33-21-6-4-16(24)10-27-21)17-11-30(22(31)15-8-28-23(32-2)29-9-15)12-18(17)14-3-5-19(25)20(26)7-14/h3-10,13,17-18H,11-12H2,1-2H3. The monoisotopic (exact) mass is 506 g/mol. The molecule has 1 aliphatic heterocycles. The van der Waals surface area contributed by atoms with E-state index in [2.05, 4.69) is 15.0 Å². The number of carbonyl (C=O) groups is 1. The van der Waals surface area contributed by atoms with Gasteiger partial charge in [-0.25, -0.2) is 15.0 Å². The van der Waals surface area contributed by atoms with Crippen LogP contribution in [-0.2, 0) is 0 Å². The van der Waals surface area contributed by atoms with Crippen LogP contribution >= 0.6 is 34.8 Å². The summed E-state index contributed by atoms with van der Waals surface area (Å²) >= 11 is 18.4. The second-order valence-electron chi connectivity index (χ2n) is 7.75. The number of amides is 1. The molecule has 1 aliphatic rings. The van der Waals surface area contributed by atoms with Crippen LogP contribution in [0.15, 0.2) is 48.9 Å². The van der Waals surface area contributed by atoms with E-state index in [1.54, 1.807) is 23.1 Å². The quantitative estimate of drug-likeness (QED) is 0.458. The number of benzene rings is 1. The Kier molecular flexibility index (Phi) is 7.22. The Morgan fingerprint density at radius 2 is 1.79 bits per heavy atom. The topological polar surface area (TPSA) is 77.4 Å². The summed E-state index contributed by atoms with van der Waals surface area (Å²) in [6, 6.07) is 9.20. The molecule has 0 spiro atoms. The number of nitrogens with zero attached hydrogens (tertiary/aromatic N) is 4. The molecular formula is C23H21Cl3N4O3. The maximum atomic E-state index is 13.2. The highest BCUT2D eigenvalue weighted by Gasteiger charge is 2.40. The number of hydrogen-bond donors (Lipinski definition) is 0. The fraction of sp³-hybridized carbons (Fsp3) is 0.304. The largest absolute Gasteiger partial charge is 0.474 e. The highest BCUT2D eigenvalue weighted by molar-refractivity contribution is 6.42. The molecule has 1 amide bonds. The molecule has 3 heterocycles. The average molecular weight is 508 g/mol. The van der Waals surface area contributed by atoms with Crippen molar-refractivity contribution in [3.8, 4) is 11.9 Å². The van der Waals surface area contributed by atoms with Crippen molar-refractivity contribution in [2.45, 2.75) is 18.9 Å². The van der Waals surface area contributed by atoms with E-state index in [9.17, 15) is 4.79 Å². The van der Waals surface area contributed by atoms with Gasteiger partial charge in [-0.2, -0.15) is 0 Å². The summed E-state index contributed by atoms with van der Waals surface area (Å²) in [7, 11) is 1.47. The third-order valence-corrected chi connectivity index (χ3v) is 6.65. The third-order valence-electron chi connectivity index (χ3n) is 5.69. The number of aromatic nitrogens is 3. The van der Waals surface area contributed by atoms with Gasteiger partial charge in [0.2, 0.25) is 5.88 Å². The molecule has 1 fully saturated rings. The molecule has 7 nitrogen and oxygen atoms in total. The first-order valence-corrected chi connectivity index (χ1v) is 11.4. The van der Waals surface area contributed by atoms with Crippen molar-refractivity contribution in [1.82, 2.24) is 19.9 Å². The Hall–Kier alpha value is -2.61. The SMILES string of the molecule is COc1ncc(C(=O)N2CC(c3ccc(Cl)c(Cl)c3)C(C(C)Oc3ccc(Cl)cn3)C2)cn1. The van der Waals surface area contributed by atoms with Crippen LogP contribution in [0.3, 0.4) is 0 Å². The second kappa shape index (κ2) is 10.1. The Labute approximate surface area is 206 Å². The molecule has 10 heteroatoms. The Morgan fingerprint density at radius 1 is 1.03 bits per heavy atom. The summed E-state index contributed by atoms with van der Waals surface area (Å²) < 4.78 is 11.1. The van der Waals surface area contributed by atoms with Crippen molar-refractivity contribution in [2.75, 3.05) is 20.2 Å². The van der Waals surface area contributed by atoms with E-state index in [-0.39, 0.29) is 29.9 Å². The molecule has 3 unspecified atom stereocenters. The highest BCUT2D eigenvalue weighted by Crippen LogP contribution is 2.38. The minimum absolute atomic E-state index is 0.0230.